The van der Waals surface area contributed by atoms with Crippen molar-refractivity contribution in [2.45, 2.75) is 4.43 Å². The van der Waals surface area contributed by atoms with E-state index in [1.165, 1.54) is 24.3 Å². The molecule has 0 saturated carbocycles. The first-order chi connectivity index (χ1) is 8.69. The first kappa shape index (κ1) is 12.9. The van der Waals surface area contributed by atoms with Gasteiger partial charge in [-0.15, -0.1) is 0 Å². The van der Waals surface area contributed by atoms with Crippen molar-refractivity contribution >= 4 is 34.2 Å². The molecule has 0 spiro atoms. The van der Waals surface area contributed by atoms with Crippen LogP contribution in [0.1, 0.15) is 16.1 Å². The normalized spacial score (nSPS) is 10.1. The van der Waals surface area contributed by atoms with Gasteiger partial charge in [0.05, 0.1) is 0 Å². The van der Waals surface area contributed by atoms with E-state index in [1.54, 1.807) is 12.3 Å². The second-order valence-electron chi connectivity index (χ2n) is 3.65. The number of carbonyl (C=O) groups is 1. The van der Waals surface area contributed by atoms with Gasteiger partial charge < -0.3 is 5.32 Å². The summed E-state index contributed by atoms with van der Waals surface area (Å²) in [6.45, 7) is 0. The second-order valence-corrected chi connectivity index (χ2v) is 4.41. The van der Waals surface area contributed by atoms with Crippen molar-refractivity contribution in [1.82, 2.24) is 4.98 Å². The minimum atomic E-state index is -0.336. The summed E-state index contributed by atoms with van der Waals surface area (Å²) < 4.78 is 13.6. The van der Waals surface area contributed by atoms with E-state index in [4.69, 9.17) is 0 Å². The van der Waals surface area contributed by atoms with Crippen LogP contribution in [0.4, 0.5) is 10.1 Å². The Morgan fingerprint density at radius 1 is 1.22 bits per heavy atom. The zero-order valence-corrected chi connectivity index (χ0v) is 11.5. The molecule has 0 atom stereocenters. The SMILES string of the molecule is O=C(Nc1ccc(F)cc1)c1ccc(CI)cn1. The van der Waals surface area contributed by atoms with Gasteiger partial charge in [0.15, 0.2) is 0 Å². The molecule has 0 radical (unpaired) electrons. The van der Waals surface area contributed by atoms with Gasteiger partial charge in [0.25, 0.3) is 5.91 Å². The van der Waals surface area contributed by atoms with Crippen LogP contribution in [-0.2, 0) is 4.43 Å². The molecule has 3 nitrogen and oxygen atoms in total. The van der Waals surface area contributed by atoms with E-state index in [0.717, 1.165) is 9.99 Å². The standard InChI is InChI=1S/C13H10FIN2O/c14-10-2-4-11(5-3-10)17-13(18)12-6-1-9(7-15)8-16-12/h1-6,8H,7H2,(H,17,18). The summed E-state index contributed by atoms with van der Waals surface area (Å²) in [4.78, 5) is 15.9. The highest BCUT2D eigenvalue weighted by molar-refractivity contribution is 14.1. The maximum Gasteiger partial charge on any atom is 0.274 e. The van der Waals surface area contributed by atoms with Gasteiger partial charge in [-0.25, -0.2) is 4.39 Å². The Hall–Kier alpha value is -1.50. The van der Waals surface area contributed by atoms with Crippen LogP contribution in [0.15, 0.2) is 42.6 Å². The third-order valence-electron chi connectivity index (χ3n) is 2.31. The molecule has 92 valence electrons. The number of benzene rings is 1. The van der Waals surface area contributed by atoms with Crippen molar-refractivity contribution < 1.29 is 9.18 Å². The van der Waals surface area contributed by atoms with Crippen LogP contribution in [0.25, 0.3) is 0 Å². The van der Waals surface area contributed by atoms with Crippen LogP contribution >= 0.6 is 22.6 Å². The van der Waals surface area contributed by atoms with Gasteiger partial charge in [-0.05, 0) is 35.9 Å². The molecule has 0 aliphatic heterocycles. The molecule has 5 heteroatoms. The molecule has 1 amide bonds. The van der Waals surface area contributed by atoms with Gasteiger partial charge in [0.1, 0.15) is 11.5 Å². The zero-order valence-electron chi connectivity index (χ0n) is 9.36. The van der Waals surface area contributed by atoms with Gasteiger partial charge in [0.2, 0.25) is 0 Å². The van der Waals surface area contributed by atoms with E-state index in [0.29, 0.717) is 11.4 Å². The lowest BCUT2D eigenvalue weighted by atomic mass is 10.2. The van der Waals surface area contributed by atoms with E-state index < -0.39 is 0 Å². The van der Waals surface area contributed by atoms with Crippen LogP contribution in [0, 0.1) is 5.82 Å². The van der Waals surface area contributed by atoms with Crippen molar-refractivity contribution in [3.63, 3.8) is 0 Å². The summed E-state index contributed by atoms with van der Waals surface area (Å²) >= 11 is 2.23. The lowest BCUT2D eigenvalue weighted by Crippen LogP contribution is -2.13. The number of amides is 1. The predicted molar refractivity (Wildman–Crippen MR) is 76.3 cm³/mol. The topological polar surface area (TPSA) is 42.0 Å². The molecule has 1 aromatic carbocycles. The molecule has 0 unspecified atom stereocenters. The third-order valence-corrected chi connectivity index (χ3v) is 3.19. The molecule has 0 fully saturated rings. The molecule has 0 aliphatic carbocycles. The minimum Gasteiger partial charge on any atom is -0.321 e. The number of halogens is 2. The average Bonchev–Trinajstić information content (AvgIpc) is 2.41. The lowest BCUT2D eigenvalue weighted by Gasteiger charge is -2.04. The minimum absolute atomic E-state index is 0.304. The molecule has 0 bridgehead atoms. The second kappa shape index (κ2) is 5.90. The Morgan fingerprint density at radius 3 is 2.50 bits per heavy atom. The molecule has 1 N–H and O–H groups in total. The van der Waals surface area contributed by atoms with E-state index in [-0.39, 0.29) is 11.7 Å². The highest BCUT2D eigenvalue weighted by atomic mass is 127. The summed E-state index contributed by atoms with van der Waals surface area (Å²) in [7, 11) is 0. The predicted octanol–water partition coefficient (Wildman–Crippen LogP) is 3.41. The Kier molecular flexibility index (Phi) is 4.24. The smallest absolute Gasteiger partial charge is 0.274 e. The van der Waals surface area contributed by atoms with Crippen molar-refractivity contribution in [1.29, 1.82) is 0 Å². The van der Waals surface area contributed by atoms with Gasteiger partial charge in [-0.3, -0.25) is 9.78 Å². The summed E-state index contributed by atoms with van der Waals surface area (Å²) in [5.41, 5.74) is 1.95. The third kappa shape index (κ3) is 3.25. The fraction of sp³-hybridized carbons (Fsp3) is 0.0769. The number of nitrogens with zero attached hydrogens (tertiary/aromatic N) is 1. The quantitative estimate of drug-likeness (QED) is 0.677. The van der Waals surface area contributed by atoms with Crippen molar-refractivity contribution in [2.75, 3.05) is 5.32 Å². The first-order valence-electron chi connectivity index (χ1n) is 5.27. The van der Waals surface area contributed by atoms with E-state index in [1.807, 2.05) is 6.07 Å². The number of hydrogen-bond donors (Lipinski definition) is 1. The summed E-state index contributed by atoms with van der Waals surface area (Å²) in [6.07, 6.45) is 1.67. The lowest BCUT2D eigenvalue weighted by molar-refractivity contribution is 0.102. The maximum absolute atomic E-state index is 12.7. The fourth-order valence-corrected chi connectivity index (χ4v) is 1.82. The number of carbonyl (C=O) groups excluding carboxylic acids is 1. The van der Waals surface area contributed by atoms with E-state index in [9.17, 15) is 9.18 Å². The van der Waals surface area contributed by atoms with Gasteiger partial charge in [0, 0.05) is 16.3 Å². The molecular formula is C13H10FIN2O. The Labute approximate surface area is 118 Å². The van der Waals surface area contributed by atoms with Crippen LogP contribution in [0.2, 0.25) is 0 Å². The largest absolute Gasteiger partial charge is 0.321 e. The molecule has 1 heterocycles. The molecular weight excluding hydrogens is 346 g/mol. The van der Waals surface area contributed by atoms with Crippen LogP contribution in [-0.4, -0.2) is 10.9 Å². The molecule has 2 aromatic rings. The van der Waals surface area contributed by atoms with Gasteiger partial charge in [-0.2, -0.15) is 0 Å². The average molecular weight is 356 g/mol. The first-order valence-corrected chi connectivity index (χ1v) is 6.79. The molecule has 2 rings (SSSR count). The maximum atomic E-state index is 12.7. The highest BCUT2D eigenvalue weighted by Crippen LogP contribution is 2.10. The van der Waals surface area contributed by atoms with Gasteiger partial charge in [-0.1, -0.05) is 28.7 Å². The summed E-state index contributed by atoms with van der Waals surface area (Å²) in [6, 6.07) is 9.13. The Bertz CT molecular complexity index is 540. The molecule has 0 aliphatic rings. The van der Waals surface area contributed by atoms with E-state index in [2.05, 4.69) is 32.9 Å². The number of anilines is 1. The Balaban J connectivity index is 2.09. The van der Waals surface area contributed by atoms with Crippen molar-refractivity contribution in [2.24, 2.45) is 0 Å². The number of pyridine rings is 1. The zero-order chi connectivity index (χ0) is 13.0. The van der Waals surface area contributed by atoms with Crippen LogP contribution in [0.3, 0.4) is 0 Å². The fourth-order valence-electron chi connectivity index (χ4n) is 1.37. The number of hydrogen-bond acceptors (Lipinski definition) is 2. The van der Waals surface area contributed by atoms with Crippen molar-refractivity contribution in [3.05, 3.63) is 59.7 Å². The highest BCUT2D eigenvalue weighted by Gasteiger charge is 2.07. The molecule has 18 heavy (non-hydrogen) atoms. The molecule has 1 aromatic heterocycles. The monoisotopic (exact) mass is 356 g/mol. The molecule has 0 saturated heterocycles. The number of alkyl halides is 1. The van der Waals surface area contributed by atoms with Crippen molar-refractivity contribution in [3.8, 4) is 0 Å². The number of nitrogens with one attached hydrogen (secondary N) is 1. The van der Waals surface area contributed by atoms with Crippen LogP contribution < -0.4 is 5.32 Å². The Morgan fingerprint density at radius 2 is 1.94 bits per heavy atom. The number of aromatic nitrogens is 1. The van der Waals surface area contributed by atoms with Crippen LogP contribution in [0.5, 0.6) is 0 Å². The number of rotatable bonds is 3. The van der Waals surface area contributed by atoms with E-state index >= 15 is 0 Å². The van der Waals surface area contributed by atoms with Gasteiger partial charge >= 0.3 is 0 Å². The summed E-state index contributed by atoms with van der Waals surface area (Å²) in [5, 5.41) is 2.65. The summed E-state index contributed by atoms with van der Waals surface area (Å²) in [5.74, 6) is -0.640.